The number of pyridine rings is 1. The molecule has 0 aromatic carbocycles. The molecule has 88 valence electrons. The summed E-state index contributed by atoms with van der Waals surface area (Å²) in [5, 5.41) is 12.1. The number of hydrogen-bond acceptors (Lipinski definition) is 3. The van der Waals surface area contributed by atoms with Gasteiger partial charge in [-0.1, -0.05) is 0 Å². The van der Waals surface area contributed by atoms with Gasteiger partial charge >= 0.3 is 0 Å². The maximum Gasteiger partial charge on any atom is 0.223 e. The minimum absolute atomic E-state index is 0.0560. The summed E-state index contributed by atoms with van der Waals surface area (Å²) in [5.74, 6) is -0.262. The summed E-state index contributed by atoms with van der Waals surface area (Å²) in [5.41, 5.74) is 0.186. The molecular formula is C11H16N2O3. The molecule has 0 bridgehead atoms. The zero-order valence-electron chi connectivity index (χ0n) is 9.49. The smallest absolute Gasteiger partial charge is 0.223 e. The number of nitrogens with zero attached hydrogens (tertiary/aromatic N) is 1. The van der Waals surface area contributed by atoms with Gasteiger partial charge in [0.05, 0.1) is 5.69 Å². The van der Waals surface area contributed by atoms with Gasteiger partial charge in [0.1, 0.15) is 0 Å². The normalized spacial score (nSPS) is 10.1. The summed E-state index contributed by atoms with van der Waals surface area (Å²) in [6.07, 6.45) is 2.40. The van der Waals surface area contributed by atoms with Crippen LogP contribution in [0.4, 0.5) is 0 Å². The molecule has 0 aliphatic rings. The van der Waals surface area contributed by atoms with Crippen LogP contribution in [0.3, 0.4) is 0 Å². The highest BCUT2D eigenvalue weighted by Crippen LogP contribution is 2.09. The van der Waals surface area contributed by atoms with Crippen molar-refractivity contribution in [3.05, 3.63) is 28.2 Å². The van der Waals surface area contributed by atoms with Crippen LogP contribution in [-0.2, 0) is 11.3 Å². The average molecular weight is 224 g/mol. The lowest BCUT2D eigenvalue weighted by Gasteiger charge is -2.11. The molecule has 0 fully saturated rings. The van der Waals surface area contributed by atoms with Crippen molar-refractivity contribution >= 4 is 5.91 Å². The van der Waals surface area contributed by atoms with E-state index in [-0.39, 0.29) is 17.1 Å². The van der Waals surface area contributed by atoms with Crippen molar-refractivity contribution in [3.8, 4) is 5.75 Å². The number of nitrogens with one attached hydrogen (secondary N) is 1. The first kappa shape index (κ1) is 12.3. The van der Waals surface area contributed by atoms with Crippen LogP contribution in [-0.4, -0.2) is 22.1 Å². The molecule has 2 N–H and O–H groups in total. The predicted octanol–water partition coefficient (Wildman–Crippen LogP) is 0.389. The molecule has 0 saturated carbocycles. The lowest BCUT2D eigenvalue weighted by molar-refractivity contribution is -0.118. The first-order valence-electron chi connectivity index (χ1n) is 5.16. The number of carbonyl (C=O) groups is 1. The summed E-state index contributed by atoms with van der Waals surface area (Å²) in [4.78, 5) is 21.7. The third-order valence-electron chi connectivity index (χ3n) is 2.36. The number of carbonyl (C=O) groups excluding carboxylic acids is 1. The SMILES string of the molecule is CC(=O)NCCCn1ccc(=O)c(O)c1C. The van der Waals surface area contributed by atoms with Crippen LogP contribution in [0.1, 0.15) is 19.0 Å². The standard InChI is InChI=1S/C11H16N2O3/c1-8-11(16)10(15)4-7-13(8)6-3-5-12-9(2)14/h4,7,16H,3,5-6H2,1-2H3,(H,12,14). The molecular weight excluding hydrogens is 208 g/mol. The van der Waals surface area contributed by atoms with Crippen LogP contribution in [0.25, 0.3) is 0 Å². The number of amides is 1. The lowest BCUT2D eigenvalue weighted by atomic mass is 10.3. The molecule has 0 spiro atoms. The number of hydrogen-bond donors (Lipinski definition) is 2. The molecule has 0 radical (unpaired) electrons. The topological polar surface area (TPSA) is 71.3 Å². The molecule has 1 rings (SSSR count). The monoisotopic (exact) mass is 224 g/mol. The van der Waals surface area contributed by atoms with E-state index in [1.807, 2.05) is 0 Å². The Morgan fingerprint density at radius 2 is 2.25 bits per heavy atom. The fraction of sp³-hybridized carbons (Fsp3) is 0.455. The largest absolute Gasteiger partial charge is 0.503 e. The van der Waals surface area contributed by atoms with E-state index in [2.05, 4.69) is 5.32 Å². The van der Waals surface area contributed by atoms with E-state index in [1.54, 1.807) is 17.7 Å². The van der Waals surface area contributed by atoms with Gasteiger partial charge < -0.3 is 15.0 Å². The molecule has 0 aliphatic carbocycles. The van der Waals surface area contributed by atoms with Gasteiger partial charge in [0, 0.05) is 32.3 Å². The summed E-state index contributed by atoms with van der Waals surface area (Å²) < 4.78 is 1.79. The van der Waals surface area contributed by atoms with E-state index in [0.29, 0.717) is 18.8 Å². The van der Waals surface area contributed by atoms with E-state index in [9.17, 15) is 14.7 Å². The minimum Gasteiger partial charge on any atom is -0.503 e. The first-order valence-corrected chi connectivity index (χ1v) is 5.16. The van der Waals surface area contributed by atoms with Crippen molar-refractivity contribution in [3.63, 3.8) is 0 Å². The molecule has 1 amide bonds. The Hall–Kier alpha value is -1.78. The Bertz CT molecular complexity index is 437. The Morgan fingerprint density at radius 1 is 1.56 bits per heavy atom. The van der Waals surface area contributed by atoms with Gasteiger partial charge in [-0.25, -0.2) is 0 Å². The Kier molecular flexibility index (Phi) is 4.10. The average Bonchev–Trinajstić information content (AvgIpc) is 2.23. The molecule has 0 atom stereocenters. The van der Waals surface area contributed by atoms with Gasteiger partial charge in [-0.3, -0.25) is 9.59 Å². The predicted molar refractivity (Wildman–Crippen MR) is 60.4 cm³/mol. The fourth-order valence-corrected chi connectivity index (χ4v) is 1.42. The van der Waals surface area contributed by atoms with Crippen LogP contribution in [0, 0.1) is 6.92 Å². The van der Waals surface area contributed by atoms with Gasteiger partial charge in [-0.15, -0.1) is 0 Å². The molecule has 5 heteroatoms. The van der Waals surface area contributed by atoms with Crippen molar-refractivity contribution in [2.75, 3.05) is 6.54 Å². The zero-order valence-corrected chi connectivity index (χ0v) is 9.49. The molecule has 0 aliphatic heterocycles. The van der Waals surface area contributed by atoms with Gasteiger partial charge in [0.25, 0.3) is 0 Å². The Morgan fingerprint density at radius 3 is 2.88 bits per heavy atom. The molecule has 1 aromatic rings. The van der Waals surface area contributed by atoms with Crippen LogP contribution in [0.15, 0.2) is 17.1 Å². The quantitative estimate of drug-likeness (QED) is 0.727. The van der Waals surface area contributed by atoms with E-state index >= 15 is 0 Å². The molecule has 16 heavy (non-hydrogen) atoms. The van der Waals surface area contributed by atoms with Gasteiger partial charge in [-0.05, 0) is 13.3 Å². The molecule has 5 nitrogen and oxygen atoms in total. The Labute approximate surface area is 93.7 Å². The molecule has 0 unspecified atom stereocenters. The van der Waals surface area contributed by atoms with Gasteiger partial charge in [0.15, 0.2) is 5.75 Å². The van der Waals surface area contributed by atoms with Crippen LogP contribution in [0.5, 0.6) is 5.75 Å². The number of rotatable bonds is 4. The second-order valence-electron chi connectivity index (χ2n) is 3.64. The Balaban J connectivity index is 2.58. The summed E-state index contributed by atoms with van der Waals surface area (Å²) in [7, 11) is 0. The second-order valence-corrected chi connectivity index (χ2v) is 3.64. The van der Waals surface area contributed by atoms with E-state index in [1.165, 1.54) is 13.0 Å². The maximum atomic E-state index is 11.1. The summed E-state index contributed by atoms with van der Waals surface area (Å²) in [6.45, 7) is 4.40. The van der Waals surface area contributed by atoms with Gasteiger partial charge in [-0.2, -0.15) is 0 Å². The van der Waals surface area contributed by atoms with Crippen molar-refractivity contribution in [2.24, 2.45) is 0 Å². The molecule has 0 saturated heterocycles. The van der Waals surface area contributed by atoms with E-state index in [4.69, 9.17) is 0 Å². The maximum absolute atomic E-state index is 11.1. The number of aryl methyl sites for hydroxylation is 1. The highest BCUT2D eigenvalue weighted by atomic mass is 16.3. The van der Waals surface area contributed by atoms with E-state index in [0.717, 1.165) is 6.42 Å². The van der Waals surface area contributed by atoms with Crippen LogP contribution < -0.4 is 10.7 Å². The first-order chi connectivity index (χ1) is 7.52. The second kappa shape index (κ2) is 5.34. The molecule has 1 heterocycles. The highest BCUT2D eigenvalue weighted by molar-refractivity contribution is 5.72. The highest BCUT2D eigenvalue weighted by Gasteiger charge is 2.04. The van der Waals surface area contributed by atoms with E-state index < -0.39 is 0 Å². The third-order valence-corrected chi connectivity index (χ3v) is 2.36. The van der Waals surface area contributed by atoms with Crippen molar-refractivity contribution < 1.29 is 9.90 Å². The minimum atomic E-state index is -0.365. The number of aromatic hydroxyl groups is 1. The zero-order chi connectivity index (χ0) is 12.1. The summed E-state index contributed by atoms with van der Waals surface area (Å²) in [6, 6.07) is 1.33. The lowest BCUT2D eigenvalue weighted by Crippen LogP contribution is -2.22. The van der Waals surface area contributed by atoms with Crippen molar-refractivity contribution in [1.82, 2.24) is 9.88 Å². The third kappa shape index (κ3) is 3.12. The fourth-order valence-electron chi connectivity index (χ4n) is 1.42. The number of aromatic nitrogens is 1. The van der Waals surface area contributed by atoms with Crippen molar-refractivity contribution in [2.45, 2.75) is 26.8 Å². The van der Waals surface area contributed by atoms with Crippen LogP contribution in [0.2, 0.25) is 0 Å². The van der Waals surface area contributed by atoms with Gasteiger partial charge in [0.2, 0.25) is 11.3 Å². The molecule has 1 aromatic heterocycles. The van der Waals surface area contributed by atoms with Crippen LogP contribution >= 0.6 is 0 Å². The summed E-state index contributed by atoms with van der Waals surface area (Å²) >= 11 is 0. The van der Waals surface area contributed by atoms with Crippen molar-refractivity contribution in [1.29, 1.82) is 0 Å².